The van der Waals surface area contributed by atoms with Crippen molar-refractivity contribution in [3.63, 3.8) is 0 Å². The van der Waals surface area contributed by atoms with E-state index in [1.807, 2.05) is 6.92 Å². The smallest absolute Gasteiger partial charge is 0.235 e. The van der Waals surface area contributed by atoms with Crippen molar-refractivity contribution in [3.8, 4) is 5.75 Å². The minimum Gasteiger partial charge on any atom is -0.492 e. The van der Waals surface area contributed by atoms with Crippen LogP contribution in [-0.2, 0) is 10.2 Å². The Kier molecular flexibility index (Phi) is 6.38. The van der Waals surface area contributed by atoms with Gasteiger partial charge in [0.2, 0.25) is 5.91 Å². The lowest BCUT2D eigenvalue weighted by molar-refractivity contribution is -0.122. The molecule has 0 aliphatic heterocycles. The summed E-state index contributed by atoms with van der Waals surface area (Å²) in [6.45, 7) is 2.61. The Labute approximate surface area is 164 Å². The highest BCUT2D eigenvalue weighted by atomic mass is 35.5. The highest BCUT2D eigenvalue weighted by molar-refractivity contribution is 6.32. The Morgan fingerprint density at radius 3 is 2.59 bits per heavy atom. The van der Waals surface area contributed by atoms with Crippen molar-refractivity contribution in [1.82, 2.24) is 0 Å². The molecule has 144 valence electrons. The van der Waals surface area contributed by atoms with Gasteiger partial charge in [0.15, 0.2) is 0 Å². The van der Waals surface area contributed by atoms with Gasteiger partial charge in [0.1, 0.15) is 11.6 Å². The van der Waals surface area contributed by atoms with E-state index >= 15 is 0 Å². The monoisotopic (exact) mass is 389 g/mol. The van der Waals surface area contributed by atoms with E-state index in [1.165, 1.54) is 6.07 Å². The molecule has 2 aromatic carbocycles. The number of hydrogen-bond acceptors (Lipinski definition) is 2. The van der Waals surface area contributed by atoms with E-state index in [1.54, 1.807) is 36.4 Å². The molecule has 0 atom stereocenters. The zero-order valence-corrected chi connectivity index (χ0v) is 16.3. The number of nitrogens with one attached hydrogen (secondary N) is 1. The first-order valence-electron chi connectivity index (χ1n) is 9.55. The summed E-state index contributed by atoms with van der Waals surface area (Å²) in [5.74, 6) is 0.0967. The van der Waals surface area contributed by atoms with Gasteiger partial charge < -0.3 is 10.1 Å². The average molecular weight is 390 g/mol. The lowest BCUT2D eigenvalue weighted by Gasteiger charge is -2.36. The fraction of sp³-hybridized carbons (Fsp3) is 0.409. The van der Waals surface area contributed by atoms with Crippen molar-refractivity contribution in [2.24, 2.45) is 0 Å². The van der Waals surface area contributed by atoms with Crippen LogP contribution in [0, 0.1) is 5.82 Å². The van der Waals surface area contributed by atoms with Gasteiger partial charge in [-0.3, -0.25) is 4.79 Å². The number of rotatable bonds is 6. The molecule has 0 heterocycles. The summed E-state index contributed by atoms with van der Waals surface area (Å²) in [5.41, 5.74) is 0.235. The summed E-state index contributed by atoms with van der Waals surface area (Å²) >= 11 is 6.27. The topological polar surface area (TPSA) is 38.3 Å². The van der Waals surface area contributed by atoms with E-state index in [0.717, 1.165) is 25.7 Å². The molecule has 0 spiro atoms. The summed E-state index contributed by atoms with van der Waals surface area (Å²) in [7, 11) is 0. The van der Waals surface area contributed by atoms with Crippen molar-refractivity contribution >= 4 is 23.2 Å². The van der Waals surface area contributed by atoms with Crippen LogP contribution in [0.4, 0.5) is 10.1 Å². The third kappa shape index (κ3) is 4.27. The van der Waals surface area contributed by atoms with Crippen LogP contribution in [0.3, 0.4) is 0 Å². The van der Waals surface area contributed by atoms with Crippen LogP contribution >= 0.6 is 11.6 Å². The second kappa shape index (κ2) is 8.75. The number of benzene rings is 2. The van der Waals surface area contributed by atoms with Gasteiger partial charge in [-0.15, -0.1) is 0 Å². The normalized spacial score (nSPS) is 16.0. The summed E-state index contributed by atoms with van der Waals surface area (Å²) in [6.07, 6.45) is 5.06. The summed E-state index contributed by atoms with van der Waals surface area (Å²) in [4.78, 5) is 13.3. The summed E-state index contributed by atoms with van der Waals surface area (Å²) < 4.78 is 20.1. The Hall–Kier alpha value is -2.07. The number of carbonyl (C=O) groups excluding carboxylic acids is 1. The lowest BCUT2D eigenvalue weighted by atomic mass is 9.68. The SMILES string of the molecule is CCCOc1ccc(NC(=O)C2(c3ccccc3F)CCCCC2)cc1Cl. The highest BCUT2D eigenvalue weighted by Gasteiger charge is 2.42. The van der Waals surface area contributed by atoms with Gasteiger partial charge in [-0.2, -0.15) is 0 Å². The maximum Gasteiger partial charge on any atom is 0.235 e. The second-order valence-electron chi connectivity index (χ2n) is 7.07. The average Bonchev–Trinajstić information content (AvgIpc) is 2.68. The van der Waals surface area contributed by atoms with Gasteiger partial charge in [0, 0.05) is 11.3 Å². The molecular weight excluding hydrogens is 365 g/mol. The molecule has 0 saturated heterocycles. The molecule has 1 fully saturated rings. The first-order chi connectivity index (χ1) is 13.1. The third-order valence-corrected chi connectivity index (χ3v) is 5.48. The molecule has 1 aliphatic carbocycles. The molecule has 1 aliphatic rings. The number of halogens is 2. The first kappa shape index (κ1) is 19.7. The van der Waals surface area contributed by atoms with E-state index in [0.29, 0.717) is 41.5 Å². The molecule has 0 unspecified atom stereocenters. The van der Waals surface area contributed by atoms with Crippen LogP contribution in [-0.4, -0.2) is 12.5 Å². The van der Waals surface area contributed by atoms with Gasteiger partial charge in [0.05, 0.1) is 17.0 Å². The van der Waals surface area contributed by atoms with Crippen LogP contribution in [0.25, 0.3) is 0 Å². The van der Waals surface area contributed by atoms with Gasteiger partial charge >= 0.3 is 0 Å². The number of anilines is 1. The molecule has 0 radical (unpaired) electrons. The number of ether oxygens (including phenoxy) is 1. The molecule has 3 nitrogen and oxygen atoms in total. The van der Waals surface area contributed by atoms with Crippen LogP contribution < -0.4 is 10.1 Å². The fourth-order valence-corrected chi connectivity index (χ4v) is 4.02. The Morgan fingerprint density at radius 2 is 1.93 bits per heavy atom. The quantitative estimate of drug-likeness (QED) is 0.647. The minimum absolute atomic E-state index is 0.175. The largest absolute Gasteiger partial charge is 0.492 e. The Balaban J connectivity index is 1.86. The lowest BCUT2D eigenvalue weighted by Crippen LogP contribution is -2.42. The van der Waals surface area contributed by atoms with Gasteiger partial charge in [-0.05, 0) is 43.5 Å². The van der Waals surface area contributed by atoms with Crippen LogP contribution in [0.2, 0.25) is 5.02 Å². The van der Waals surface area contributed by atoms with E-state index in [2.05, 4.69) is 5.32 Å². The van der Waals surface area contributed by atoms with Crippen molar-refractivity contribution < 1.29 is 13.9 Å². The third-order valence-electron chi connectivity index (χ3n) is 5.18. The Bertz CT molecular complexity index is 803. The maximum absolute atomic E-state index is 14.5. The van der Waals surface area contributed by atoms with Crippen molar-refractivity contribution in [2.75, 3.05) is 11.9 Å². The molecule has 0 aromatic heterocycles. The number of amides is 1. The Morgan fingerprint density at radius 1 is 1.19 bits per heavy atom. The zero-order valence-electron chi connectivity index (χ0n) is 15.6. The number of hydrogen-bond donors (Lipinski definition) is 1. The molecule has 5 heteroatoms. The van der Waals surface area contributed by atoms with Gasteiger partial charge in [0.25, 0.3) is 0 Å². The van der Waals surface area contributed by atoms with Crippen LogP contribution in [0.15, 0.2) is 42.5 Å². The predicted octanol–water partition coefficient (Wildman–Crippen LogP) is 6.11. The van der Waals surface area contributed by atoms with E-state index in [9.17, 15) is 9.18 Å². The standard InChI is InChI=1S/C22H25ClFNO2/c1-2-14-27-20-11-10-16(15-18(20)23)25-21(26)22(12-6-3-7-13-22)17-8-4-5-9-19(17)24/h4-5,8-11,15H,2-3,6-7,12-14H2,1H3,(H,25,26). The second-order valence-corrected chi connectivity index (χ2v) is 7.48. The van der Waals surface area contributed by atoms with E-state index < -0.39 is 5.41 Å². The summed E-state index contributed by atoms with van der Waals surface area (Å²) in [6, 6.07) is 11.8. The minimum atomic E-state index is -0.840. The van der Waals surface area contributed by atoms with Crippen molar-refractivity contribution in [3.05, 3.63) is 58.9 Å². The molecule has 1 N–H and O–H groups in total. The molecule has 0 bridgehead atoms. The highest BCUT2D eigenvalue weighted by Crippen LogP contribution is 2.41. The molecule has 2 aromatic rings. The van der Waals surface area contributed by atoms with Gasteiger partial charge in [-0.25, -0.2) is 4.39 Å². The zero-order chi connectivity index (χ0) is 19.3. The maximum atomic E-state index is 14.5. The molecule has 1 saturated carbocycles. The summed E-state index contributed by atoms with van der Waals surface area (Å²) in [5, 5.41) is 3.41. The van der Waals surface area contributed by atoms with E-state index in [-0.39, 0.29) is 11.7 Å². The molecule has 27 heavy (non-hydrogen) atoms. The first-order valence-corrected chi connectivity index (χ1v) is 9.93. The van der Waals surface area contributed by atoms with Crippen LogP contribution in [0.5, 0.6) is 5.75 Å². The fourth-order valence-electron chi connectivity index (χ4n) is 3.78. The van der Waals surface area contributed by atoms with E-state index in [4.69, 9.17) is 16.3 Å². The molecule has 3 rings (SSSR count). The molecule has 1 amide bonds. The predicted molar refractivity (Wildman–Crippen MR) is 107 cm³/mol. The number of carbonyl (C=O) groups is 1. The van der Waals surface area contributed by atoms with Crippen molar-refractivity contribution in [2.45, 2.75) is 50.9 Å². The van der Waals surface area contributed by atoms with Crippen molar-refractivity contribution in [1.29, 1.82) is 0 Å². The van der Waals surface area contributed by atoms with Gasteiger partial charge in [-0.1, -0.05) is 56.0 Å². The molecular formula is C22H25ClFNO2. The van der Waals surface area contributed by atoms with Crippen LogP contribution in [0.1, 0.15) is 51.0 Å².